The first-order chi connectivity index (χ1) is 5.13. The Balaban J connectivity index is 3.26. The van der Waals surface area contributed by atoms with Crippen molar-refractivity contribution in [3.63, 3.8) is 0 Å². The third kappa shape index (κ3) is 0.485. The van der Waals surface area contributed by atoms with Crippen LogP contribution in [-0.4, -0.2) is 8.80 Å². The van der Waals surface area contributed by atoms with E-state index in [-0.39, 0.29) is 0 Å². The van der Waals surface area contributed by atoms with Crippen molar-refractivity contribution in [3.05, 3.63) is 43.1 Å². The number of nitrogens with zero attached hydrogens (tertiary/aromatic N) is 2. The molecule has 0 aromatic carbocycles. The summed E-state index contributed by atoms with van der Waals surface area (Å²) in [7, 11) is 0. The first-order valence-electron chi connectivity index (χ1n) is 3.03. The SMILES string of the molecule is Cc1cn2c(=O)n(c1=O)c2=O. The molecule has 0 atom stereocenters. The highest BCUT2D eigenvalue weighted by molar-refractivity contribution is 5.06. The van der Waals surface area contributed by atoms with E-state index >= 15 is 0 Å². The monoisotopic (exact) mass is 152 g/mol. The quantitative estimate of drug-likeness (QED) is 0.452. The Morgan fingerprint density at radius 1 is 1.18 bits per heavy atom. The average Bonchev–Trinajstić information content (AvgIpc) is 1.97. The van der Waals surface area contributed by atoms with Crippen LogP contribution >= 0.6 is 0 Å². The maximum atomic E-state index is 11.0. The van der Waals surface area contributed by atoms with Gasteiger partial charge >= 0.3 is 11.4 Å². The molecule has 5 heteroatoms. The maximum absolute atomic E-state index is 11.0. The highest BCUT2D eigenvalue weighted by Crippen LogP contribution is 1.81. The number of aryl methyl sites for hydroxylation is 1. The van der Waals surface area contributed by atoms with Gasteiger partial charge in [-0.2, -0.15) is 4.40 Å². The van der Waals surface area contributed by atoms with E-state index in [9.17, 15) is 14.4 Å². The van der Waals surface area contributed by atoms with Crippen molar-refractivity contribution >= 4 is 0 Å². The van der Waals surface area contributed by atoms with Gasteiger partial charge in [-0.25, -0.2) is 14.0 Å². The van der Waals surface area contributed by atoms with E-state index in [2.05, 4.69) is 0 Å². The molecule has 0 unspecified atom stereocenters. The summed E-state index contributed by atoms with van der Waals surface area (Å²) in [6.45, 7) is 1.56. The summed E-state index contributed by atoms with van der Waals surface area (Å²) in [5.41, 5.74) is -1.21. The van der Waals surface area contributed by atoms with E-state index in [1.807, 2.05) is 0 Å². The number of hydrogen-bond acceptors (Lipinski definition) is 3. The van der Waals surface area contributed by atoms with Crippen molar-refractivity contribution in [2.45, 2.75) is 6.92 Å². The summed E-state index contributed by atoms with van der Waals surface area (Å²) in [5.74, 6) is 0. The number of fused-ring (bicyclic) bond motifs is 2. The maximum Gasteiger partial charge on any atom is 0.347 e. The van der Waals surface area contributed by atoms with E-state index < -0.39 is 16.9 Å². The molecule has 0 saturated heterocycles. The van der Waals surface area contributed by atoms with Crippen LogP contribution in [0.3, 0.4) is 0 Å². The summed E-state index contributed by atoms with van der Waals surface area (Å²) in [4.78, 5) is 32.5. The van der Waals surface area contributed by atoms with E-state index in [0.29, 0.717) is 9.96 Å². The van der Waals surface area contributed by atoms with Crippen molar-refractivity contribution in [1.82, 2.24) is 8.80 Å². The molecule has 0 aliphatic rings. The van der Waals surface area contributed by atoms with Gasteiger partial charge in [-0.1, -0.05) is 0 Å². The Kier molecular flexibility index (Phi) is 0.829. The predicted molar refractivity (Wildman–Crippen MR) is 36.8 cm³/mol. The van der Waals surface area contributed by atoms with Gasteiger partial charge < -0.3 is 0 Å². The summed E-state index contributed by atoms with van der Waals surface area (Å²) in [6, 6.07) is 0. The molecule has 0 saturated carbocycles. The molecule has 0 N–H and O–H groups in total. The fraction of sp³-hybridized carbons (Fsp3) is 0.167. The summed E-state index contributed by atoms with van der Waals surface area (Å²) in [5, 5.41) is 0. The van der Waals surface area contributed by atoms with Crippen LogP contribution in [0.25, 0.3) is 0 Å². The van der Waals surface area contributed by atoms with E-state index in [1.54, 1.807) is 6.92 Å². The van der Waals surface area contributed by atoms with Gasteiger partial charge in [0, 0.05) is 11.8 Å². The van der Waals surface area contributed by atoms with Crippen LogP contribution in [0.4, 0.5) is 0 Å². The Morgan fingerprint density at radius 3 is 2.09 bits per heavy atom. The zero-order valence-electron chi connectivity index (χ0n) is 5.70. The molecule has 0 radical (unpaired) electrons. The molecule has 0 fully saturated rings. The van der Waals surface area contributed by atoms with E-state index in [4.69, 9.17) is 0 Å². The van der Waals surface area contributed by atoms with Crippen LogP contribution in [-0.2, 0) is 0 Å². The zero-order valence-corrected chi connectivity index (χ0v) is 5.70. The fourth-order valence-corrected chi connectivity index (χ4v) is 1.04. The molecule has 0 aliphatic carbocycles. The standard InChI is InChI=1S/C6H4N2O3/c1-3-2-7-5(10)8(4(3)9)6(7)11/h2H,1H3. The van der Waals surface area contributed by atoms with Crippen LogP contribution < -0.4 is 16.9 Å². The summed E-state index contributed by atoms with van der Waals surface area (Å²) >= 11 is 0. The van der Waals surface area contributed by atoms with Gasteiger partial charge in [0.25, 0.3) is 5.56 Å². The van der Waals surface area contributed by atoms with Crippen molar-refractivity contribution in [2.75, 3.05) is 0 Å². The first kappa shape index (κ1) is 6.09. The van der Waals surface area contributed by atoms with Crippen molar-refractivity contribution < 1.29 is 0 Å². The fourth-order valence-electron chi connectivity index (χ4n) is 1.04. The molecule has 5 nitrogen and oxygen atoms in total. The Labute approximate surface area is 59.8 Å². The molecule has 56 valence electrons. The molecular formula is C6H4N2O3. The molecule has 3 rings (SSSR count). The second-order valence-corrected chi connectivity index (χ2v) is 2.39. The van der Waals surface area contributed by atoms with Gasteiger partial charge in [0.1, 0.15) is 0 Å². The lowest BCUT2D eigenvalue weighted by atomic mass is 10.4. The predicted octanol–water partition coefficient (Wildman–Crippen LogP) is -1.70. The second kappa shape index (κ2) is 1.50. The molecule has 0 aliphatic heterocycles. The van der Waals surface area contributed by atoms with Gasteiger partial charge in [-0.3, -0.25) is 4.79 Å². The normalized spacial score (nSPS) is 11.4. The van der Waals surface area contributed by atoms with Gasteiger partial charge in [0.2, 0.25) is 0 Å². The largest absolute Gasteiger partial charge is 0.347 e. The minimum absolute atomic E-state index is 0.407. The van der Waals surface area contributed by atoms with Gasteiger partial charge in [0.05, 0.1) is 0 Å². The van der Waals surface area contributed by atoms with E-state index in [0.717, 1.165) is 4.40 Å². The number of aromatic nitrogens is 2. The molecular weight excluding hydrogens is 148 g/mol. The van der Waals surface area contributed by atoms with Crippen molar-refractivity contribution in [1.29, 1.82) is 0 Å². The molecule has 0 amide bonds. The van der Waals surface area contributed by atoms with Crippen LogP contribution in [0.1, 0.15) is 5.56 Å². The minimum Gasteiger partial charge on any atom is -0.268 e. The van der Waals surface area contributed by atoms with Crippen LogP contribution in [0.5, 0.6) is 0 Å². The molecule has 3 aromatic rings. The highest BCUT2D eigenvalue weighted by Gasteiger charge is 2.14. The van der Waals surface area contributed by atoms with Crippen LogP contribution in [0, 0.1) is 6.92 Å². The number of rotatable bonds is 0. The smallest absolute Gasteiger partial charge is 0.268 e. The molecule has 0 spiro atoms. The van der Waals surface area contributed by atoms with E-state index in [1.165, 1.54) is 6.20 Å². The van der Waals surface area contributed by atoms with Gasteiger partial charge in [0.15, 0.2) is 0 Å². The average molecular weight is 152 g/mol. The third-order valence-corrected chi connectivity index (χ3v) is 1.66. The Hall–Kier alpha value is -1.65. The molecule has 3 heterocycles. The third-order valence-electron chi connectivity index (χ3n) is 1.66. The number of hydrogen-bond donors (Lipinski definition) is 0. The Bertz CT molecular complexity index is 521. The highest BCUT2D eigenvalue weighted by atomic mass is 16.2. The second-order valence-electron chi connectivity index (χ2n) is 2.39. The first-order valence-corrected chi connectivity index (χ1v) is 3.03. The lowest BCUT2D eigenvalue weighted by molar-refractivity contribution is 0.669. The lowest BCUT2D eigenvalue weighted by Gasteiger charge is -2.03. The van der Waals surface area contributed by atoms with Gasteiger partial charge in [-0.05, 0) is 6.92 Å². The van der Waals surface area contributed by atoms with Gasteiger partial charge in [-0.15, -0.1) is 0 Å². The summed E-state index contributed by atoms with van der Waals surface area (Å²) < 4.78 is 1.53. The van der Waals surface area contributed by atoms with Crippen molar-refractivity contribution in [2.24, 2.45) is 0 Å². The molecule has 11 heavy (non-hydrogen) atoms. The molecule has 2 bridgehead atoms. The lowest BCUT2D eigenvalue weighted by Crippen LogP contribution is -2.54. The molecule has 3 aromatic heterocycles. The Morgan fingerprint density at radius 2 is 1.73 bits per heavy atom. The minimum atomic E-state index is -0.550. The van der Waals surface area contributed by atoms with Crippen molar-refractivity contribution in [3.8, 4) is 0 Å². The topological polar surface area (TPSA) is 60.0 Å². The van der Waals surface area contributed by atoms with Crippen LogP contribution in [0.15, 0.2) is 20.6 Å². The summed E-state index contributed by atoms with van der Waals surface area (Å²) in [6.07, 6.45) is 1.26. The van der Waals surface area contributed by atoms with Crippen LogP contribution in [0.2, 0.25) is 0 Å². The zero-order chi connectivity index (χ0) is 8.17.